The number of benzene rings is 1. The highest BCUT2D eigenvalue weighted by Gasteiger charge is 2.17. The normalized spacial score (nSPS) is 10.8. The van der Waals surface area contributed by atoms with Gasteiger partial charge in [-0.25, -0.2) is 8.42 Å². The second-order valence-electron chi connectivity index (χ2n) is 4.11. The van der Waals surface area contributed by atoms with Crippen LogP contribution in [0.1, 0.15) is 5.56 Å². The van der Waals surface area contributed by atoms with Crippen LogP contribution >= 0.6 is 11.6 Å². The van der Waals surface area contributed by atoms with E-state index in [9.17, 15) is 8.42 Å². The number of hydrogen-bond acceptors (Lipinski definition) is 4. The molecule has 2 aromatic rings. The molecule has 21 heavy (non-hydrogen) atoms. The van der Waals surface area contributed by atoms with Gasteiger partial charge in [-0.15, -0.1) is 0 Å². The second-order valence-corrected chi connectivity index (χ2v) is 6.22. The van der Waals surface area contributed by atoms with Crippen LogP contribution in [0.25, 0.3) is 0 Å². The fourth-order valence-electron chi connectivity index (χ4n) is 1.59. The maximum atomic E-state index is 12.2. The fourth-order valence-corrected chi connectivity index (χ4v) is 2.81. The third-order valence-corrected chi connectivity index (χ3v) is 4.07. The number of nitrogens with one attached hydrogen (secondary N) is 1. The Morgan fingerprint density at radius 2 is 2.24 bits per heavy atom. The van der Waals surface area contributed by atoms with Gasteiger partial charge in [0.15, 0.2) is 0 Å². The van der Waals surface area contributed by atoms with Crippen molar-refractivity contribution in [3.05, 3.63) is 41.2 Å². The van der Waals surface area contributed by atoms with Gasteiger partial charge in [0.25, 0.3) is 10.0 Å². The van der Waals surface area contributed by atoms with Crippen LogP contribution < -0.4 is 4.72 Å². The lowest BCUT2D eigenvalue weighted by atomic mass is 10.2. The summed E-state index contributed by atoms with van der Waals surface area (Å²) in [4.78, 5) is 0.0334. The Hall–Kier alpha value is -2.01. The zero-order chi connectivity index (χ0) is 15.5. The van der Waals surface area contributed by atoms with Gasteiger partial charge in [-0.3, -0.25) is 9.40 Å². The molecule has 0 aliphatic carbocycles. The highest BCUT2D eigenvalue weighted by Crippen LogP contribution is 2.23. The van der Waals surface area contributed by atoms with E-state index in [0.717, 1.165) is 0 Å². The summed E-state index contributed by atoms with van der Waals surface area (Å²) < 4.78 is 28.3. The van der Waals surface area contributed by atoms with Crippen LogP contribution in [-0.2, 0) is 17.1 Å². The Balaban J connectivity index is 2.41. The maximum absolute atomic E-state index is 12.2. The van der Waals surface area contributed by atoms with E-state index >= 15 is 0 Å². The molecule has 0 unspecified atom stereocenters. The van der Waals surface area contributed by atoms with Gasteiger partial charge in [-0.2, -0.15) is 5.10 Å². The Bertz CT molecular complexity index is 819. The monoisotopic (exact) mass is 325 g/mol. The molecule has 1 heterocycles. The molecule has 2 rings (SSSR count). The van der Waals surface area contributed by atoms with E-state index in [-0.39, 0.29) is 17.2 Å². The summed E-state index contributed by atoms with van der Waals surface area (Å²) in [5, 5.41) is 12.9. The van der Waals surface area contributed by atoms with Crippen LogP contribution in [0, 0.1) is 11.8 Å². The van der Waals surface area contributed by atoms with E-state index in [0.29, 0.717) is 10.6 Å². The number of rotatable bonds is 3. The van der Waals surface area contributed by atoms with Gasteiger partial charge in [0.2, 0.25) is 0 Å². The average Bonchev–Trinajstić information content (AvgIpc) is 2.85. The van der Waals surface area contributed by atoms with Crippen molar-refractivity contribution in [2.24, 2.45) is 7.05 Å². The molecule has 0 atom stereocenters. The molecule has 6 nitrogen and oxygen atoms in total. The zero-order valence-electron chi connectivity index (χ0n) is 11.0. The summed E-state index contributed by atoms with van der Waals surface area (Å²) in [5.74, 6) is 5.13. The van der Waals surface area contributed by atoms with E-state index < -0.39 is 10.0 Å². The van der Waals surface area contributed by atoms with Crippen molar-refractivity contribution in [3.63, 3.8) is 0 Å². The van der Waals surface area contributed by atoms with Gasteiger partial charge in [0.05, 0.1) is 11.9 Å². The fraction of sp³-hybridized carbons (Fsp3) is 0.154. The van der Waals surface area contributed by atoms with Crippen LogP contribution in [0.5, 0.6) is 0 Å². The quantitative estimate of drug-likeness (QED) is 0.831. The molecule has 0 aliphatic heterocycles. The molecule has 0 radical (unpaired) electrons. The molecule has 110 valence electrons. The lowest BCUT2D eigenvalue weighted by Gasteiger charge is -2.09. The minimum Gasteiger partial charge on any atom is -0.384 e. The maximum Gasteiger partial charge on any atom is 0.265 e. The number of aromatic nitrogens is 2. The number of aryl methyl sites for hydroxylation is 1. The van der Waals surface area contributed by atoms with Gasteiger partial charge in [-0.1, -0.05) is 23.4 Å². The molecular weight excluding hydrogens is 314 g/mol. The van der Waals surface area contributed by atoms with Crippen molar-refractivity contribution in [1.29, 1.82) is 0 Å². The third kappa shape index (κ3) is 3.76. The molecule has 8 heteroatoms. The largest absolute Gasteiger partial charge is 0.384 e. The van der Waals surface area contributed by atoms with Gasteiger partial charge < -0.3 is 5.11 Å². The number of aliphatic hydroxyl groups is 1. The van der Waals surface area contributed by atoms with E-state index in [4.69, 9.17) is 16.7 Å². The molecule has 1 aromatic heterocycles. The Labute approximate surface area is 127 Å². The Morgan fingerprint density at radius 1 is 1.48 bits per heavy atom. The van der Waals surface area contributed by atoms with E-state index in [1.54, 1.807) is 19.2 Å². The van der Waals surface area contributed by atoms with Gasteiger partial charge in [0.1, 0.15) is 11.5 Å². The number of halogens is 1. The lowest BCUT2D eigenvalue weighted by molar-refractivity contribution is 0.350. The van der Waals surface area contributed by atoms with Crippen molar-refractivity contribution >= 4 is 27.3 Å². The Morgan fingerprint density at radius 3 is 2.86 bits per heavy atom. The summed E-state index contributed by atoms with van der Waals surface area (Å²) in [7, 11) is -2.16. The van der Waals surface area contributed by atoms with E-state index in [1.807, 2.05) is 0 Å². The Kier molecular flexibility index (Phi) is 4.53. The van der Waals surface area contributed by atoms with E-state index in [2.05, 4.69) is 21.7 Å². The molecule has 0 bridgehead atoms. The molecular formula is C13H12ClN3O3S. The average molecular weight is 326 g/mol. The van der Waals surface area contributed by atoms with Crippen molar-refractivity contribution in [1.82, 2.24) is 9.78 Å². The first-order chi connectivity index (χ1) is 9.92. The van der Waals surface area contributed by atoms with Crippen molar-refractivity contribution in [3.8, 4) is 11.8 Å². The molecule has 0 fully saturated rings. The smallest absolute Gasteiger partial charge is 0.265 e. The number of hydrogen-bond donors (Lipinski definition) is 2. The van der Waals surface area contributed by atoms with E-state index in [1.165, 1.54) is 23.1 Å². The highest BCUT2D eigenvalue weighted by molar-refractivity contribution is 7.92. The number of sulfonamides is 1. The van der Waals surface area contributed by atoms with Crippen LogP contribution in [0.15, 0.2) is 35.5 Å². The summed E-state index contributed by atoms with van der Waals surface area (Å²) >= 11 is 5.88. The number of anilines is 1. The zero-order valence-corrected chi connectivity index (χ0v) is 12.6. The predicted octanol–water partition coefficient (Wildman–Crippen LogP) is 1.22. The first-order valence-corrected chi connectivity index (χ1v) is 7.69. The molecule has 0 spiro atoms. The first-order valence-electron chi connectivity index (χ1n) is 5.83. The van der Waals surface area contributed by atoms with Crippen LogP contribution in [0.3, 0.4) is 0 Å². The number of nitrogens with zero attached hydrogens (tertiary/aromatic N) is 2. The van der Waals surface area contributed by atoms with Crippen molar-refractivity contribution in [2.45, 2.75) is 4.90 Å². The summed E-state index contributed by atoms with van der Waals surface area (Å²) in [6, 6.07) is 4.62. The van der Waals surface area contributed by atoms with Crippen molar-refractivity contribution < 1.29 is 13.5 Å². The standard InChI is InChI=1S/C13H12ClN3O3S/c1-17-9-12(8-15-17)21(19,20)16-13-7-11(14)5-4-10(13)3-2-6-18/h4-5,7-9,16,18H,6H2,1H3. The van der Waals surface area contributed by atoms with Crippen LogP contribution in [-0.4, -0.2) is 29.9 Å². The van der Waals surface area contributed by atoms with Gasteiger partial charge in [-0.05, 0) is 18.2 Å². The summed E-state index contributed by atoms with van der Waals surface area (Å²) in [6.07, 6.45) is 2.62. The summed E-state index contributed by atoms with van der Waals surface area (Å²) in [6.45, 7) is -0.322. The first kappa shape index (κ1) is 15.4. The predicted molar refractivity (Wildman–Crippen MR) is 79.4 cm³/mol. The highest BCUT2D eigenvalue weighted by atomic mass is 35.5. The number of aliphatic hydroxyl groups excluding tert-OH is 1. The van der Waals surface area contributed by atoms with Crippen molar-refractivity contribution in [2.75, 3.05) is 11.3 Å². The van der Waals surface area contributed by atoms with Crippen LogP contribution in [0.2, 0.25) is 5.02 Å². The van der Waals surface area contributed by atoms with Crippen LogP contribution in [0.4, 0.5) is 5.69 Å². The molecule has 0 saturated heterocycles. The molecule has 0 saturated carbocycles. The van der Waals surface area contributed by atoms with Gasteiger partial charge >= 0.3 is 0 Å². The minimum absolute atomic E-state index is 0.0334. The minimum atomic E-state index is -3.78. The third-order valence-electron chi connectivity index (χ3n) is 2.52. The molecule has 0 aliphatic rings. The molecule has 0 amide bonds. The molecule has 2 N–H and O–H groups in total. The summed E-state index contributed by atoms with van der Waals surface area (Å²) in [5.41, 5.74) is 0.660. The topological polar surface area (TPSA) is 84.2 Å². The second kappa shape index (κ2) is 6.18. The SMILES string of the molecule is Cn1cc(S(=O)(=O)Nc2cc(Cl)ccc2C#CCO)cn1. The lowest BCUT2D eigenvalue weighted by Crippen LogP contribution is -2.13. The van der Waals surface area contributed by atoms with Gasteiger partial charge in [0, 0.05) is 23.8 Å². The molecule has 1 aromatic carbocycles.